The maximum absolute atomic E-state index is 12.7. The molecule has 1 aromatic carbocycles. The SMILES string of the molecule is Cc1ccc(-c2cncc(C(=O)N(C)CCc3ccccn3)c2)cc1. The van der Waals surface area contributed by atoms with E-state index in [1.807, 2.05) is 43.4 Å². The normalized spacial score (nSPS) is 10.5. The first kappa shape index (κ1) is 16.8. The first-order valence-electron chi connectivity index (χ1n) is 8.31. The Morgan fingerprint density at radius 2 is 1.84 bits per heavy atom. The summed E-state index contributed by atoms with van der Waals surface area (Å²) in [6.07, 6.45) is 5.91. The Bertz CT molecular complexity index is 845. The van der Waals surface area contributed by atoms with Gasteiger partial charge in [0.25, 0.3) is 5.91 Å². The summed E-state index contributed by atoms with van der Waals surface area (Å²) in [5, 5.41) is 0. The Kier molecular flexibility index (Phi) is 5.19. The second kappa shape index (κ2) is 7.71. The highest BCUT2D eigenvalue weighted by atomic mass is 16.2. The summed E-state index contributed by atoms with van der Waals surface area (Å²) in [7, 11) is 1.81. The van der Waals surface area contributed by atoms with Crippen molar-refractivity contribution in [3.63, 3.8) is 0 Å². The summed E-state index contributed by atoms with van der Waals surface area (Å²) >= 11 is 0. The van der Waals surface area contributed by atoms with Gasteiger partial charge in [-0.05, 0) is 30.7 Å². The lowest BCUT2D eigenvalue weighted by atomic mass is 10.0. The van der Waals surface area contributed by atoms with Crippen LogP contribution < -0.4 is 0 Å². The third kappa shape index (κ3) is 4.29. The highest BCUT2D eigenvalue weighted by molar-refractivity contribution is 5.94. The summed E-state index contributed by atoms with van der Waals surface area (Å²) in [6.45, 7) is 2.67. The lowest BCUT2D eigenvalue weighted by Crippen LogP contribution is -2.29. The van der Waals surface area contributed by atoms with E-state index in [4.69, 9.17) is 0 Å². The molecule has 0 atom stereocenters. The number of benzene rings is 1. The molecule has 0 bridgehead atoms. The van der Waals surface area contributed by atoms with Crippen molar-refractivity contribution in [1.29, 1.82) is 0 Å². The second-order valence-corrected chi connectivity index (χ2v) is 6.13. The third-order valence-corrected chi connectivity index (χ3v) is 4.15. The number of nitrogens with zero attached hydrogens (tertiary/aromatic N) is 3. The molecule has 2 heterocycles. The molecule has 3 aromatic rings. The van der Waals surface area contributed by atoms with Crippen molar-refractivity contribution >= 4 is 5.91 Å². The fourth-order valence-electron chi connectivity index (χ4n) is 2.61. The van der Waals surface area contributed by atoms with Gasteiger partial charge in [0, 0.05) is 49.9 Å². The molecule has 0 unspecified atom stereocenters. The summed E-state index contributed by atoms with van der Waals surface area (Å²) in [5.74, 6) is -0.0302. The molecule has 25 heavy (non-hydrogen) atoms. The molecule has 0 saturated carbocycles. The van der Waals surface area contributed by atoms with Crippen LogP contribution in [0.5, 0.6) is 0 Å². The Labute approximate surface area is 148 Å². The lowest BCUT2D eigenvalue weighted by molar-refractivity contribution is 0.0796. The van der Waals surface area contributed by atoms with Gasteiger partial charge in [0.05, 0.1) is 5.56 Å². The van der Waals surface area contributed by atoms with E-state index in [0.29, 0.717) is 12.1 Å². The van der Waals surface area contributed by atoms with Crippen molar-refractivity contribution in [3.8, 4) is 11.1 Å². The largest absolute Gasteiger partial charge is 0.341 e. The molecule has 126 valence electrons. The van der Waals surface area contributed by atoms with Crippen molar-refractivity contribution in [1.82, 2.24) is 14.9 Å². The molecule has 4 nitrogen and oxygen atoms in total. The maximum atomic E-state index is 12.7. The molecule has 0 radical (unpaired) electrons. The van der Waals surface area contributed by atoms with Crippen molar-refractivity contribution in [3.05, 3.63) is 83.9 Å². The van der Waals surface area contributed by atoms with Crippen LogP contribution in [0.15, 0.2) is 67.1 Å². The number of carbonyl (C=O) groups is 1. The second-order valence-electron chi connectivity index (χ2n) is 6.13. The van der Waals surface area contributed by atoms with Crippen LogP contribution in [0.4, 0.5) is 0 Å². The quantitative estimate of drug-likeness (QED) is 0.715. The zero-order valence-electron chi connectivity index (χ0n) is 14.5. The molecule has 0 aliphatic heterocycles. The van der Waals surface area contributed by atoms with Gasteiger partial charge < -0.3 is 4.90 Å². The van der Waals surface area contributed by atoms with Gasteiger partial charge in [0.15, 0.2) is 0 Å². The van der Waals surface area contributed by atoms with Gasteiger partial charge in [-0.2, -0.15) is 0 Å². The predicted octanol–water partition coefficient (Wildman–Crippen LogP) is 3.77. The Hall–Kier alpha value is -3.01. The lowest BCUT2D eigenvalue weighted by Gasteiger charge is -2.17. The summed E-state index contributed by atoms with van der Waals surface area (Å²) in [5.41, 5.74) is 4.79. The summed E-state index contributed by atoms with van der Waals surface area (Å²) in [4.78, 5) is 22.9. The zero-order chi connectivity index (χ0) is 17.6. The van der Waals surface area contributed by atoms with Crippen molar-refractivity contribution in [2.75, 3.05) is 13.6 Å². The van der Waals surface area contributed by atoms with Gasteiger partial charge >= 0.3 is 0 Å². The molecule has 4 heteroatoms. The topological polar surface area (TPSA) is 46.1 Å². The number of rotatable bonds is 5. The van der Waals surface area contributed by atoms with Gasteiger partial charge in [-0.1, -0.05) is 35.9 Å². The minimum atomic E-state index is -0.0302. The fourth-order valence-corrected chi connectivity index (χ4v) is 2.61. The van der Waals surface area contributed by atoms with Crippen molar-refractivity contribution in [2.24, 2.45) is 0 Å². The first-order chi connectivity index (χ1) is 12.1. The van der Waals surface area contributed by atoms with Gasteiger partial charge in [0.2, 0.25) is 0 Å². The molecular formula is C21H21N3O. The minimum absolute atomic E-state index is 0.0302. The van der Waals surface area contributed by atoms with E-state index in [-0.39, 0.29) is 5.91 Å². The smallest absolute Gasteiger partial charge is 0.255 e. The molecular weight excluding hydrogens is 310 g/mol. The standard InChI is InChI=1S/C21H21N3O/c1-16-6-8-17(9-7-16)18-13-19(15-22-14-18)21(25)24(2)12-10-20-5-3-4-11-23-20/h3-9,11,13-15H,10,12H2,1-2H3. The molecule has 0 aliphatic rings. The van der Waals surface area contributed by atoms with Crippen LogP contribution in [-0.2, 0) is 6.42 Å². The van der Waals surface area contributed by atoms with Crippen molar-refractivity contribution in [2.45, 2.75) is 13.3 Å². The number of hydrogen-bond donors (Lipinski definition) is 0. The first-order valence-corrected chi connectivity index (χ1v) is 8.31. The van der Waals surface area contributed by atoms with Gasteiger partial charge in [0.1, 0.15) is 0 Å². The number of pyridine rings is 2. The number of aromatic nitrogens is 2. The maximum Gasteiger partial charge on any atom is 0.255 e. The van der Waals surface area contributed by atoms with Gasteiger partial charge in [-0.25, -0.2) is 0 Å². The molecule has 0 aliphatic carbocycles. The van der Waals surface area contributed by atoms with Crippen molar-refractivity contribution < 1.29 is 4.79 Å². The highest BCUT2D eigenvalue weighted by Gasteiger charge is 2.13. The monoisotopic (exact) mass is 331 g/mol. The fraction of sp³-hybridized carbons (Fsp3) is 0.190. The van der Waals surface area contributed by atoms with E-state index >= 15 is 0 Å². The number of likely N-dealkylation sites (N-methyl/N-ethyl adjacent to an activating group) is 1. The zero-order valence-corrected chi connectivity index (χ0v) is 14.5. The van der Waals surface area contributed by atoms with Crippen LogP contribution in [0.25, 0.3) is 11.1 Å². The molecule has 2 aromatic heterocycles. The van der Waals surface area contributed by atoms with Crippen LogP contribution in [0, 0.1) is 6.92 Å². The molecule has 0 spiro atoms. The van der Waals surface area contributed by atoms with E-state index in [2.05, 4.69) is 29.0 Å². The Morgan fingerprint density at radius 1 is 1.04 bits per heavy atom. The predicted molar refractivity (Wildman–Crippen MR) is 99.3 cm³/mol. The number of amides is 1. The summed E-state index contributed by atoms with van der Waals surface area (Å²) < 4.78 is 0. The minimum Gasteiger partial charge on any atom is -0.341 e. The molecule has 0 N–H and O–H groups in total. The molecule has 3 rings (SSSR count). The number of carbonyl (C=O) groups excluding carboxylic acids is 1. The summed E-state index contributed by atoms with van der Waals surface area (Å²) in [6, 6.07) is 15.9. The van der Waals surface area contributed by atoms with Crippen LogP contribution >= 0.6 is 0 Å². The van der Waals surface area contributed by atoms with E-state index in [1.54, 1.807) is 23.5 Å². The number of aryl methyl sites for hydroxylation is 1. The van der Waals surface area contributed by atoms with Crippen LogP contribution in [0.3, 0.4) is 0 Å². The van der Waals surface area contributed by atoms with E-state index in [0.717, 1.165) is 23.2 Å². The van der Waals surface area contributed by atoms with Gasteiger partial charge in [-0.3, -0.25) is 14.8 Å². The average Bonchev–Trinajstić information content (AvgIpc) is 2.67. The average molecular weight is 331 g/mol. The van der Waals surface area contributed by atoms with E-state index < -0.39 is 0 Å². The van der Waals surface area contributed by atoms with Crippen LogP contribution in [0.1, 0.15) is 21.6 Å². The Balaban J connectivity index is 1.71. The third-order valence-electron chi connectivity index (χ3n) is 4.15. The Morgan fingerprint density at radius 3 is 2.56 bits per heavy atom. The molecule has 0 fully saturated rings. The van der Waals surface area contributed by atoms with E-state index in [1.165, 1.54) is 5.56 Å². The van der Waals surface area contributed by atoms with Gasteiger partial charge in [-0.15, -0.1) is 0 Å². The number of hydrogen-bond acceptors (Lipinski definition) is 3. The molecule has 0 saturated heterocycles. The van der Waals surface area contributed by atoms with Crippen LogP contribution in [-0.4, -0.2) is 34.4 Å². The highest BCUT2D eigenvalue weighted by Crippen LogP contribution is 2.20. The van der Waals surface area contributed by atoms with Crippen LogP contribution in [0.2, 0.25) is 0 Å². The van der Waals surface area contributed by atoms with E-state index in [9.17, 15) is 4.79 Å². The molecule has 1 amide bonds.